The molecule has 0 aromatic heterocycles. The average molecular weight is 268 g/mol. The third kappa shape index (κ3) is 2.80. The van der Waals surface area contributed by atoms with Crippen LogP contribution in [0.25, 0.3) is 0 Å². The van der Waals surface area contributed by atoms with Crippen LogP contribution in [0.5, 0.6) is 0 Å². The summed E-state index contributed by atoms with van der Waals surface area (Å²) >= 11 is 0. The molecule has 0 radical (unpaired) electrons. The van der Waals surface area contributed by atoms with E-state index in [1.807, 2.05) is 19.9 Å². The molecule has 100 valence electrons. The van der Waals surface area contributed by atoms with Gasteiger partial charge < -0.3 is 0 Å². The normalized spacial score (nSPS) is 13.7. The second-order valence-corrected chi connectivity index (χ2v) is 7.77. The van der Waals surface area contributed by atoms with Crippen LogP contribution in [0.3, 0.4) is 0 Å². The molecular formula is C14H20O3S. The van der Waals surface area contributed by atoms with Crippen molar-refractivity contribution < 1.29 is 13.2 Å². The maximum Gasteiger partial charge on any atom is 0.180 e. The number of Topliss-reactive ketones (excluding diaryl/α,β-unsaturated/α-hetero) is 1. The molecule has 1 atom stereocenters. The first-order chi connectivity index (χ1) is 8.17. The molecule has 0 saturated heterocycles. The molecule has 0 aliphatic carbocycles. The lowest BCUT2D eigenvalue weighted by Gasteiger charge is -2.15. The van der Waals surface area contributed by atoms with E-state index in [-0.39, 0.29) is 5.78 Å². The Morgan fingerprint density at radius 3 is 2.06 bits per heavy atom. The molecule has 1 unspecified atom stereocenters. The quantitative estimate of drug-likeness (QED) is 0.789. The van der Waals surface area contributed by atoms with Gasteiger partial charge in [0, 0.05) is 5.56 Å². The molecule has 0 bridgehead atoms. The van der Waals surface area contributed by atoms with E-state index in [0.717, 1.165) is 11.1 Å². The van der Waals surface area contributed by atoms with Crippen molar-refractivity contribution in [2.24, 2.45) is 0 Å². The van der Waals surface area contributed by atoms with Gasteiger partial charge >= 0.3 is 0 Å². The second kappa shape index (κ2) is 5.22. The lowest BCUT2D eigenvalue weighted by molar-refractivity contribution is 0.0991. The molecular weight excluding hydrogens is 248 g/mol. The van der Waals surface area contributed by atoms with Gasteiger partial charge in [0.05, 0.1) is 5.25 Å². The first-order valence-corrected chi connectivity index (χ1v) is 7.63. The lowest BCUT2D eigenvalue weighted by Crippen LogP contribution is -2.33. The number of ketones is 1. The Kier molecular flexibility index (Phi) is 4.32. The highest BCUT2D eigenvalue weighted by molar-refractivity contribution is 7.93. The summed E-state index contributed by atoms with van der Waals surface area (Å²) in [6.45, 7) is 8.53. The number of hydrogen-bond donors (Lipinski definition) is 0. The van der Waals surface area contributed by atoms with E-state index >= 15 is 0 Å². The predicted molar refractivity (Wildman–Crippen MR) is 73.8 cm³/mol. The van der Waals surface area contributed by atoms with E-state index in [1.165, 1.54) is 6.92 Å². The Hall–Kier alpha value is -1.16. The molecule has 18 heavy (non-hydrogen) atoms. The molecule has 0 saturated carbocycles. The van der Waals surface area contributed by atoms with Gasteiger partial charge in [0.25, 0.3) is 0 Å². The molecule has 4 heteroatoms. The Labute approximate surface area is 109 Å². The van der Waals surface area contributed by atoms with Gasteiger partial charge in [-0.3, -0.25) is 4.79 Å². The second-order valence-electron chi connectivity index (χ2n) is 4.94. The number of carbonyl (C=O) groups excluding carboxylic acids is 1. The van der Waals surface area contributed by atoms with Crippen molar-refractivity contribution in [2.75, 3.05) is 0 Å². The topological polar surface area (TPSA) is 51.2 Å². The van der Waals surface area contributed by atoms with Crippen molar-refractivity contribution in [2.45, 2.75) is 45.1 Å². The van der Waals surface area contributed by atoms with E-state index in [2.05, 4.69) is 0 Å². The Balaban J connectivity index is 3.12. The Morgan fingerprint density at radius 1 is 1.06 bits per heavy atom. The SMILES string of the molecule is Cc1ccc(C(=O)C(C)S(=O)(=O)C(C)C)cc1C. The zero-order valence-electron chi connectivity index (χ0n) is 11.5. The highest BCUT2D eigenvalue weighted by Gasteiger charge is 2.31. The fourth-order valence-corrected chi connectivity index (χ4v) is 2.94. The maximum atomic E-state index is 12.2. The third-order valence-electron chi connectivity index (χ3n) is 3.31. The number of aryl methyl sites for hydroxylation is 2. The van der Waals surface area contributed by atoms with Gasteiger partial charge in [0.1, 0.15) is 5.25 Å². The van der Waals surface area contributed by atoms with E-state index < -0.39 is 20.3 Å². The monoisotopic (exact) mass is 268 g/mol. The molecule has 1 rings (SSSR count). The molecule has 3 nitrogen and oxygen atoms in total. The zero-order chi connectivity index (χ0) is 14.1. The highest BCUT2D eigenvalue weighted by atomic mass is 32.2. The molecule has 0 fully saturated rings. The first-order valence-electron chi connectivity index (χ1n) is 6.02. The number of rotatable bonds is 4. The minimum atomic E-state index is -3.40. The van der Waals surface area contributed by atoms with E-state index in [4.69, 9.17) is 0 Å². The van der Waals surface area contributed by atoms with Gasteiger partial charge in [0.2, 0.25) is 0 Å². The zero-order valence-corrected chi connectivity index (χ0v) is 12.3. The minimum Gasteiger partial charge on any atom is -0.293 e. The summed E-state index contributed by atoms with van der Waals surface area (Å²) in [6, 6.07) is 5.29. The summed E-state index contributed by atoms with van der Waals surface area (Å²) in [4.78, 5) is 12.2. The van der Waals surface area contributed by atoms with E-state index in [1.54, 1.807) is 26.0 Å². The van der Waals surface area contributed by atoms with Crippen LogP contribution in [-0.4, -0.2) is 24.7 Å². The van der Waals surface area contributed by atoms with Gasteiger partial charge in [-0.2, -0.15) is 0 Å². The predicted octanol–water partition coefficient (Wildman–Crippen LogP) is 2.70. The van der Waals surface area contributed by atoms with Gasteiger partial charge in [-0.05, 0) is 51.8 Å². The van der Waals surface area contributed by atoms with Crippen molar-refractivity contribution in [1.82, 2.24) is 0 Å². The van der Waals surface area contributed by atoms with Crippen LogP contribution in [0.2, 0.25) is 0 Å². The third-order valence-corrected chi connectivity index (χ3v) is 5.82. The van der Waals surface area contributed by atoms with Crippen LogP contribution in [0.4, 0.5) is 0 Å². The summed E-state index contributed by atoms with van der Waals surface area (Å²) in [7, 11) is -3.40. The van der Waals surface area contributed by atoms with Crippen molar-refractivity contribution in [1.29, 1.82) is 0 Å². The van der Waals surface area contributed by atoms with Crippen LogP contribution < -0.4 is 0 Å². The summed E-state index contributed by atoms with van der Waals surface area (Å²) in [5.74, 6) is -0.327. The largest absolute Gasteiger partial charge is 0.293 e. The molecule has 0 amide bonds. The highest BCUT2D eigenvalue weighted by Crippen LogP contribution is 2.17. The van der Waals surface area contributed by atoms with Gasteiger partial charge in [-0.15, -0.1) is 0 Å². The van der Waals surface area contributed by atoms with Crippen LogP contribution in [0, 0.1) is 13.8 Å². The van der Waals surface area contributed by atoms with Crippen LogP contribution in [-0.2, 0) is 9.84 Å². The van der Waals surface area contributed by atoms with Crippen LogP contribution in [0.15, 0.2) is 18.2 Å². The molecule has 1 aromatic rings. The van der Waals surface area contributed by atoms with Gasteiger partial charge in [-0.1, -0.05) is 12.1 Å². The van der Waals surface area contributed by atoms with Gasteiger partial charge in [0.15, 0.2) is 15.6 Å². The smallest absolute Gasteiger partial charge is 0.180 e. The molecule has 0 N–H and O–H groups in total. The Bertz CT molecular complexity index is 556. The standard InChI is InChI=1S/C14H20O3S/c1-9(2)18(16,17)12(5)14(15)13-7-6-10(3)11(4)8-13/h6-9,12H,1-5H3. The van der Waals surface area contributed by atoms with Crippen molar-refractivity contribution in [3.8, 4) is 0 Å². The van der Waals surface area contributed by atoms with E-state index in [9.17, 15) is 13.2 Å². The lowest BCUT2D eigenvalue weighted by atomic mass is 10.0. The summed E-state index contributed by atoms with van der Waals surface area (Å²) in [5, 5.41) is -1.53. The number of benzene rings is 1. The summed E-state index contributed by atoms with van der Waals surface area (Å²) in [6.07, 6.45) is 0. The molecule has 0 heterocycles. The minimum absolute atomic E-state index is 0.327. The number of sulfone groups is 1. The van der Waals surface area contributed by atoms with Crippen LogP contribution in [0.1, 0.15) is 42.3 Å². The van der Waals surface area contributed by atoms with Gasteiger partial charge in [-0.25, -0.2) is 8.42 Å². The maximum absolute atomic E-state index is 12.2. The molecule has 1 aromatic carbocycles. The van der Waals surface area contributed by atoms with Crippen LogP contribution >= 0.6 is 0 Å². The molecule has 0 spiro atoms. The Morgan fingerprint density at radius 2 is 1.61 bits per heavy atom. The first kappa shape index (κ1) is 14.9. The molecule has 0 aliphatic heterocycles. The van der Waals surface area contributed by atoms with Crippen molar-refractivity contribution in [3.63, 3.8) is 0 Å². The number of carbonyl (C=O) groups is 1. The number of hydrogen-bond acceptors (Lipinski definition) is 3. The molecule has 0 aliphatic rings. The fraction of sp³-hybridized carbons (Fsp3) is 0.500. The van der Waals surface area contributed by atoms with E-state index in [0.29, 0.717) is 5.56 Å². The average Bonchev–Trinajstić information content (AvgIpc) is 2.30. The van der Waals surface area contributed by atoms with Crippen molar-refractivity contribution >= 4 is 15.6 Å². The fourth-order valence-electron chi connectivity index (χ4n) is 1.69. The van der Waals surface area contributed by atoms with Crippen molar-refractivity contribution in [3.05, 3.63) is 34.9 Å². The summed E-state index contributed by atoms with van der Waals surface area (Å²) in [5.41, 5.74) is 2.55. The summed E-state index contributed by atoms with van der Waals surface area (Å²) < 4.78 is 24.0.